The third kappa shape index (κ3) is 3.41. The van der Waals surface area contributed by atoms with Crippen molar-refractivity contribution in [2.45, 2.75) is 19.8 Å². The van der Waals surface area contributed by atoms with Crippen molar-refractivity contribution in [2.75, 3.05) is 18.2 Å². The van der Waals surface area contributed by atoms with Crippen molar-refractivity contribution in [3.05, 3.63) is 48.0 Å². The number of ether oxygens (including phenoxy) is 1. The summed E-state index contributed by atoms with van der Waals surface area (Å²) in [5, 5.41) is 3.34. The highest BCUT2D eigenvalue weighted by Gasteiger charge is 2.01. The first-order chi connectivity index (χ1) is 9.22. The Morgan fingerprint density at radius 3 is 2.37 bits per heavy atom. The van der Waals surface area contributed by atoms with E-state index in [1.54, 1.807) is 7.11 Å². The Morgan fingerprint density at radius 1 is 1.05 bits per heavy atom. The molecule has 19 heavy (non-hydrogen) atoms. The predicted octanol–water partition coefficient (Wildman–Crippen LogP) is 3.97. The molecule has 2 rings (SSSR count). The van der Waals surface area contributed by atoms with Crippen molar-refractivity contribution < 1.29 is 4.74 Å². The first-order valence-electron chi connectivity index (χ1n) is 6.52. The van der Waals surface area contributed by atoms with Gasteiger partial charge in [-0.2, -0.15) is 0 Å². The van der Waals surface area contributed by atoms with Gasteiger partial charge in [0.15, 0.2) is 0 Å². The number of aryl methyl sites for hydroxylation is 1. The number of hydrogen-bond donors (Lipinski definition) is 2. The van der Waals surface area contributed by atoms with Crippen molar-refractivity contribution >= 4 is 17.1 Å². The monoisotopic (exact) mass is 256 g/mol. The van der Waals surface area contributed by atoms with Gasteiger partial charge in [-0.05, 0) is 36.2 Å². The molecule has 0 bridgehead atoms. The van der Waals surface area contributed by atoms with Gasteiger partial charge in [0.05, 0.1) is 12.8 Å². The average molecular weight is 256 g/mol. The van der Waals surface area contributed by atoms with Gasteiger partial charge in [0.25, 0.3) is 0 Å². The van der Waals surface area contributed by atoms with Crippen molar-refractivity contribution in [1.29, 1.82) is 0 Å². The fraction of sp³-hybridized carbons (Fsp3) is 0.250. The highest BCUT2D eigenvalue weighted by atomic mass is 16.5. The van der Waals surface area contributed by atoms with Crippen molar-refractivity contribution in [1.82, 2.24) is 0 Å². The van der Waals surface area contributed by atoms with E-state index >= 15 is 0 Å². The van der Waals surface area contributed by atoms with E-state index in [0.29, 0.717) is 11.4 Å². The molecule has 0 saturated heterocycles. The van der Waals surface area contributed by atoms with Crippen LogP contribution in [0, 0.1) is 0 Å². The van der Waals surface area contributed by atoms with Gasteiger partial charge in [-0.1, -0.05) is 25.5 Å². The van der Waals surface area contributed by atoms with Gasteiger partial charge in [0, 0.05) is 17.4 Å². The minimum absolute atomic E-state index is 0.645. The van der Waals surface area contributed by atoms with E-state index in [0.717, 1.165) is 17.8 Å². The molecule has 3 heteroatoms. The lowest BCUT2D eigenvalue weighted by Crippen LogP contribution is -1.95. The maximum atomic E-state index is 5.79. The molecule has 0 saturated carbocycles. The summed E-state index contributed by atoms with van der Waals surface area (Å²) in [6, 6.07) is 14.2. The minimum atomic E-state index is 0.645. The molecule has 0 aliphatic rings. The first-order valence-corrected chi connectivity index (χ1v) is 6.52. The van der Waals surface area contributed by atoms with Crippen molar-refractivity contribution in [2.24, 2.45) is 0 Å². The minimum Gasteiger partial charge on any atom is -0.495 e. The molecule has 100 valence electrons. The van der Waals surface area contributed by atoms with Gasteiger partial charge >= 0.3 is 0 Å². The lowest BCUT2D eigenvalue weighted by Gasteiger charge is -2.10. The summed E-state index contributed by atoms with van der Waals surface area (Å²) in [6.07, 6.45) is 2.29. The van der Waals surface area contributed by atoms with Crippen molar-refractivity contribution in [3.8, 4) is 5.75 Å². The van der Waals surface area contributed by atoms with Crippen LogP contribution in [0.4, 0.5) is 17.1 Å². The third-order valence-electron chi connectivity index (χ3n) is 3.01. The molecular formula is C16H20N2O. The standard InChI is InChI=1S/C16H20N2O/c1-3-4-12-5-7-13(8-6-12)18-14-9-10-15(17)16(11-14)19-2/h5-11,18H,3-4,17H2,1-2H3. The number of rotatable bonds is 5. The van der Waals surface area contributed by atoms with Crippen molar-refractivity contribution in [3.63, 3.8) is 0 Å². The molecular weight excluding hydrogens is 236 g/mol. The van der Waals surface area contributed by atoms with Gasteiger partial charge in [-0.3, -0.25) is 0 Å². The SMILES string of the molecule is CCCc1ccc(Nc2ccc(N)c(OC)c2)cc1. The maximum Gasteiger partial charge on any atom is 0.143 e. The number of benzene rings is 2. The van der Waals surface area contributed by atoms with Crippen LogP contribution in [-0.4, -0.2) is 7.11 Å². The molecule has 0 spiro atoms. The third-order valence-corrected chi connectivity index (χ3v) is 3.01. The van der Waals surface area contributed by atoms with E-state index in [2.05, 4.69) is 36.5 Å². The summed E-state index contributed by atoms with van der Waals surface area (Å²) in [4.78, 5) is 0. The molecule has 0 heterocycles. The quantitative estimate of drug-likeness (QED) is 0.796. The molecule has 0 aliphatic carbocycles. The van der Waals surface area contributed by atoms with Crippen LogP contribution in [0.2, 0.25) is 0 Å². The maximum absolute atomic E-state index is 5.79. The van der Waals surface area contributed by atoms with Crippen LogP contribution in [-0.2, 0) is 6.42 Å². The number of methoxy groups -OCH3 is 1. The lowest BCUT2D eigenvalue weighted by atomic mass is 10.1. The molecule has 0 radical (unpaired) electrons. The smallest absolute Gasteiger partial charge is 0.143 e. The van der Waals surface area contributed by atoms with Crippen LogP contribution >= 0.6 is 0 Å². The summed E-state index contributed by atoms with van der Waals surface area (Å²) in [5.74, 6) is 0.688. The Bertz CT molecular complexity index is 535. The molecule has 2 aromatic rings. The highest BCUT2D eigenvalue weighted by molar-refractivity contribution is 5.66. The van der Waals surface area contributed by atoms with Gasteiger partial charge in [0.2, 0.25) is 0 Å². The summed E-state index contributed by atoms with van der Waals surface area (Å²) >= 11 is 0. The fourth-order valence-electron chi connectivity index (χ4n) is 2.00. The normalized spacial score (nSPS) is 10.2. The first kappa shape index (κ1) is 13.3. The van der Waals surface area contributed by atoms with Gasteiger partial charge in [0.1, 0.15) is 5.75 Å². The van der Waals surface area contributed by atoms with Crippen LogP contribution in [0.3, 0.4) is 0 Å². The molecule has 0 aliphatic heterocycles. The molecule has 0 aromatic heterocycles. The number of nitrogen functional groups attached to an aromatic ring is 1. The number of anilines is 3. The Morgan fingerprint density at radius 2 is 1.74 bits per heavy atom. The summed E-state index contributed by atoms with van der Waals surface area (Å²) < 4.78 is 5.21. The van der Waals surface area contributed by atoms with Crippen LogP contribution in [0.15, 0.2) is 42.5 Å². The Kier molecular flexibility index (Phi) is 4.29. The van der Waals surface area contributed by atoms with E-state index in [1.807, 2.05) is 18.2 Å². The number of nitrogens with two attached hydrogens (primary N) is 1. The number of nitrogens with one attached hydrogen (secondary N) is 1. The van der Waals surface area contributed by atoms with Crippen LogP contribution in [0.5, 0.6) is 5.75 Å². The molecule has 2 aromatic carbocycles. The fourth-order valence-corrected chi connectivity index (χ4v) is 2.00. The molecule has 0 atom stereocenters. The summed E-state index contributed by atoms with van der Waals surface area (Å²) in [6.45, 7) is 2.19. The average Bonchev–Trinajstić information content (AvgIpc) is 2.43. The Labute approximate surface area is 114 Å². The highest BCUT2D eigenvalue weighted by Crippen LogP contribution is 2.27. The zero-order chi connectivity index (χ0) is 13.7. The topological polar surface area (TPSA) is 47.3 Å². The molecule has 0 amide bonds. The second kappa shape index (κ2) is 6.14. The second-order valence-corrected chi connectivity index (χ2v) is 4.53. The predicted molar refractivity (Wildman–Crippen MR) is 81.1 cm³/mol. The van der Waals surface area contributed by atoms with Crippen LogP contribution in [0.25, 0.3) is 0 Å². The molecule has 0 unspecified atom stereocenters. The van der Waals surface area contributed by atoms with Gasteiger partial charge < -0.3 is 15.8 Å². The van der Waals surface area contributed by atoms with E-state index < -0.39 is 0 Å². The van der Waals surface area contributed by atoms with E-state index in [-0.39, 0.29) is 0 Å². The zero-order valence-corrected chi connectivity index (χ0v) is 11.4. The van der Waals surface area contributed by atoms with E-state index in [4.69, 9.17) is 10.5 Å². The molecule has 0 fully saturated rings. The Balaban J connectivity index is 2.12. The van der Waals surface area contributed by atoms with Gasteiger partial charge in [-0.25, -0.2) is 0 Å². The summed E-state index contributed by atoms with van der Waals surface area (Å²) in [7, 11) is 1.62. The van der Waals surface area contributed by atoms with Crippen LogP contribution < -0.4 is 15.8 Å². The Hall–Kier alpha value is -2.16. The molecule has 3 N–H and O–H groups in total. The zero-order valence-electron chi connectivity index (χ0n) is 11.4. The summed E-state index contributed by atoms with van der Waals surface area (Å²) in [5.41, 5.74) is 9.83. The van der Waals surface area contributed by atoms with Gasteiger partial charge in [-0.15, -0.1) is 0 Å². The van der Waals surface area contributed by atoms with E-state index in [1.165, 1.54) is 12.0 Å². The largest absolute Gasteiger partial charge is 0.495 e. The second-order valence-electron chi connectivity index (χ2n) is 4.53. The van der Waals surface area contributed by atoms with Crippen LogP contribution in [0.1, 0.15) is 18.9 Å². The number of hydrogen-bond acceptors (Lipinski definition) is 3. The lowest BCUT2D eigenvalue weighted by molar-refractivity contribution is 0.417. The van der Waals surface area contributed by atoms with E-state index in [9.17, 15) is 0 Å². The molecule has 3 nitrogen and oxygen atoms in total.